The first kappa shape index (κ1) is 9.03. The quantitative estimate of drug-likeness (QED) is 0.612. The SMILES string of the molecule is O=CC1(NC(=O)O)CCCCC1. The maximum Gasteiger partial charge on any atom is 0.405 e. The van der Waals surface area contributed by atoms with Gasteiger partial charge < -0.3 is 15.2 Å². The first-order valence-electron chi connectivity index (χ1n) is 4.16. The molecule has 0 unspecified atom stereocenters. The van der Waals surface area contributed by atoms with Crippen molar-refractivity contribution in [1.29, 1.82) is 0 Å². The topological polar surface area (TPSA) is 66.4 Å². The molecule has 1 saturated carbocycles. The molecule has 68 valence electrons. The Kier molecular flexibility index (Phi) is 2.68. The molecule has 0 bridgehead atoms. The molecule has 4 nitrogen and oxygen atoms in total. The summed E-state index contributed by atoms with van der Waals surface area (Å²) in [5.41, 5.74) is -0.788. The van der Waals surface area contributed by atoms with Crippen LogP contribution in [-0.4, -0.2) is 23.0 Å². The van der Waals surface area contributed by atoms with Crippen LogP contribution in [0.25, 0.3) is 0 Å². The average Bonchev–Trinajstić information content (AvgIpc) is 2.05. The van der Waals surface area contributed by atoms with E-state index < -0.39 is 11.6 Å². The van der Waals surface area contributed by atoms with E-state index in [9.17, 15) is 9.59 Å². The van der Waals surface area contributed by atoms with Crippen molar-refractivity contribution in [1.82, 2.24) is 5.32 Å². The fraction of sp³-hybridized carbons (Fsp3) is 0.750. The molecule has 0 saturated heterocycles. The molecule has 0 heterocycles. The van der Waals surface area contributed by atoms with Gasteiger partial charge in [-0.3, -0.25) is 0 Å². The van der Waals surface area contributed by atoms with E-state index in [1.54, 1.807) is 0 Å². The number of carbonyl (C=O) groups excluding carboxylic acids is 1. The van der Waals surface area contributed by atoms with Gasteiger partial charge in [0.1, 0.15) is 6.29 Å². The highest BCUT2D eigenvalue weighted by Gasteiger charge is 2.32. The van der Waals surface area contributed by atoms with E-state index in [-0.39, 0.29) is 0 Å². The van der Waals surface area contributed by atoms with Crippen LogP contribution in [0, 0.1) is 0 Å². The third kappa shape index (κ3) is 1.96. The minimum Gasteiger partial charge on any atom is -0.465 e. The van der Waals surface area contributed by atoms with Crippen molar-refractivity contribution in [3.63, 3.8) is 0 Å². The summed E-state index contributed by atoms with van der Waals surface area (Å²) in [4.78, 5) is 21.1. The molecule has 1 aliphatic carbocycles. The van der Waals surface area contributed by atoms with Crippen LogP contribution in [0.3, 0.4) is 0 Å². The molecule has 4 heteroatoms. The zero-order valence-corrected chi connectivity index (χ0v) is 6.88. The van der Waals surface area contributed by atoms with E-state index in [0.717, 1.165) is 25.5 Å². The van der Waals surface area contributed by atoms with Gasteiger partial charge in [-0.15, -0.1) is 0 Å². The Labute approximate surface area is 71.0 Å². The van der Waals surface area contributed by atoms with E-state index in [2.05, 4.69) is 5.32 Å². The van der Waals surface area contributed by atoms with Gasteiger partial charge in [0.2, 0.25) is 0 Å². The van der Waals surface area contributed by atoms with Crippen molar-refractivity contribution in [3.8, 4) is 0 Å². The van der Waals surface area contributed by atoms with E-state index in [4.69, 9.17) is 5.11 Å². The van der Waals surface area contributed by atoms with Crippen LogP contribution in [-0.2, 0) is 4.79 Å². The first-order valence-corrected chi connectivity index (χ1v) is 4.16. The number of carboxylic acid groups (broad SMARTS) is 1. The zero-order valence-electron chi connectivity index (χ0n) is 6.88. The third-order valence-corrected chi connectivity index (χ3v) is 2.33. The molecule has 0 atom stereocenters. The number of aldehydes is 1. The summed E-state index contributed by atoms with van der Waals surface area (Å²) < 4.78 is 0. The molecule has 0 aromatic rings. The third-order valence-electron chi connectivity index (χ3n) is 2.33. The highest BCUT2D eigenvalue weighted by molar-refractivity contribution is 5.75. The normalized spacial score (nSPS) is 21.3. The van der Waals surface area contributed by atoms with Crippen molar-refractivity contribution in [3.05, 3.63) is 0 Å². The highest BCUT2D eigenvalue weighted by atomic mass is 16.4. The predicted octanol–water partition coefficient (Wildman–Crippen LogP) is 1.16. The first-order chi connectivity index (χ1) is 5.68. The summed E-state index contributed by atoms with van der Waals surface area (Å²) in [6, 6.07) is 0. The Morgan fingerprint density at radius 2 is 1.92 bits per heavy atom. The molecule has 0 spiro atoms. The minimum absolute atomic E-state index is 0.642. The zero-order chi connectivity index (χ0) is 9.03. The fourth-order valence-electron chi connectivity index (χ4n) is 1.67. The highest BCUT2D eigenvalue weighted by Crippen LogP contribution is 2.26. The van der Waals surface area contributed by atoms with Crippen LogP contribution >= 0.6 is 0 Å². The lowest BCUT2D eigenvalue weighted by Crippen LogP contribution is -2.50. The Hall–Kier alpha value is -1.06. The average molecular weight is 171 g/mol. The molecule has 0 radical (unpaired) electrons. The molecule has 2 N–H and O–H groups in total. The van der Waals surface area contributed by atoms with Gasteiger partial charge in [0.25, 0.3) is 0 Å². The Morgan fingerprint density at radius 3 is 2.33 bits per heavy atom. The van der Waals surface area contributed by atoms with Crippen molar-refractivity contribution in [2.75, 3.05) is 0 Å². The summed E-state index contributed by atoms with van der Waals surface area (Å²) in [6.45, 7) is 0. The molecule has 1 fully saturated rings. The maximum absolute atomic E-state index is 10.7. The Balaban J connectivity index is 2.59. The van der Waals surface area contributed by atoms with E-state index in [1.165, 1.54) is 0 Å². The second kappa shape index (κ2) is 3.56. The van der Waals surface area contributed by atoms with Crippen LogP contribution in [0.5, 0.6) is 0 Å². The van der Waals surface area contributed by atoms with Crippen LogP contribution in [0.4, 0.5) is 4.79 Å². The second-order valence-corrected chi connectivity index (χ2v) is 3.26. The van der Waals surface area contributed by atoms with Gasteiger partial charge in [0, 0.05) is 0 Å². The van der Waals surface area contributed by atoms with E-state index >= 15 is 0 Å². The summed E-state index contributed by atoms with van der Waals surface area (Å²) in [6.07, 6.45) is 3.87. The largest absolute Gasteiger partial charge is 0.465 e. The number of rotatable bonds is 2. The molecule has 0 aromatic heterocycles. The smallest absolute Gasteiger partial charge is 0.405 e. The summed E-state index contributed by atoms with van der Waals surface area (Å²) in [5, 5.41) is 10.8. The van der Waals surface area contributed by atoms with Crippen LogP contribution in [0.15, 0.2) is 0 Å². The number of carbonyl (C=O) groups is 2. The molecular weight excluding hydrogens is 158 g/mol. The molecule has 1 amide bonds. The van der Waals surface area contributed by atoms with Gasteiger partial charge in [-0.1, -0.05) is 19.3 Å². The predicted molar refractivity (Wildman–Crippen MR) is 43.0 cm³/mol. The molecule has 0 aliphatic heterocycles. The molecule has 12 heavy (non-hydrogen) atoms. The summed E-state index contributed by atoms with van der Waals surface area (Å²) in [7, 11) is 0. The number of hydrogen-bond acceptors (Lipinski definition) is 2. The Morgan fingerprint density at radius 1 is 1.33 bits per heavy atom. The minimum atomic E-state index is -1.11. The lowest BCUT2D eigenvalue weighted by atomic mass is 9.83. The number of amides is 1. The van der Waals surface area contributed by atoms with E-state index in [1.807, 2.05) is 0 Å². The molecular formula is C8H13NO3. The van der Waals surface area contributed by atoms with Gasteiger partial charge in [-0.2, -0.15) is 0 Å². The van der Waals surface area contributed by atoms with Crippen molar-refractivity contribution < 1.29 is 14.7 Å². The van der Waals surface area contributed by atoms with Crippen molar-refractivity contribution in [2.24, 2.45) is 0 Å². The van der Waals surface area contributed by atoms with Crippen LogP contribution < -0.4 is 5.32 Å². The van der Waals surface area contributed by atoms with Gasteiger partial charge in [0.15, 0.2) is 0 Å². The fourth-order valence-corrected chi connectivity index (χ4v) is 1.67. The lowest BCUT2D eigenvalue weighted by Gasteiger charge is -2.31. The van der Waals surface area contributed by atoms with Crippen molar-refractivity contribution >= 4 is 12.4 Å². The summed E-state index contributed by atoms with van der Waals surface area (Å²) >= 11 is 0. The van der Waals surface area contributed by atoms with Gasteiger partial charge in [-0.25, -0.2) is 4.79 Å². The van der Waals surface area contributed by atoms with Crippen LogP contribution in [0.2, 0.25) is 0 Å². The van der Waals surface area contributed by atoms with Gasteiger partial charge >= 0.3 is 6.09 Å². The van der Waals surface area contributed by atoms with Crippen molar-refractivity contribution in [2.45, 2.75) is 37.6 Å². The number of nitrogens with one attached hydrogen (secondary N) is 1. The monoisotopic (exact) mass is 171 g/mol. The standard InChI is InChI=1S/C8H13NO3/c10-6-8(9-7(11)12)4-2-1-3-5-8/h6,9H,1-5H2,(H,11,12). The lowest BCUT2D eigenvalue weighted by molar-refractivity contribution is -0.114. The molecule has 0 aromatic carbocycles. The second-order valence-electron chi connectivity index (χ2n) is 3.26. The van der Waals surface area contributed by atoms with Gasteiger partial charge in [-0.05, 0) is 12.8 Å². The molecule has 1 aliphatic rings. The summed E-state index contributed by atoms with van der Waals surface area (Å²) in [5.74, 6) is 0. The van der Waals surface area contributed by atoms with Crippen LogP contribution in [0.1, 0.15) is 32.1 Å². The molecule has 1 rings (SSSR count). The Bertz CT molecular complexity index is 185. The van der Waals surface area contributed by atoms with Gasteiger partial charge in [0.05, 0.1) is 5.54 Å². The van der Waals surface area contributed by atoms with E-state index in [0.29, 0.717) is 12.8 Å². The maximum atomic E-state index is 10.7. The number of hydrogen-bond donors (Lipinski definition) is 2.